The second-order valence-electron chi connectivity index (χ2n) is 3.46. The first-order valence-electron chi connectivity index (χ1n) is 5.33. The second kappa shape index (κ2) is 6.00. The molecule has 7 heteroatoms. The molecule has 0 saturated carbocycles. The minimum absolute atomic E-state index is 0.148. The van der Waals surface area contributed by atoms with Gasteiger partial charge in [0.1, 0.15) is 5.70 Å². The van der Waals surface area contributed by atoms with E-state index in [2.05, 4.69) is 16.9 Å². The Morgan fingerprint density at radius 2 is 2.47 bits per heavy atom. The average molecular weight is 240 g/mol. The van der Waals surface area contributed by atoms with E-state index in [4.69, 9.17) is 10.5 Å². The minimum atomic E-state index is -0.682. The van der Waals surface area contributed by atoms with Crippen molar-refractivity contribution >= 4 is 5.84 Å². The minimum Gasteiger partial charge on any atom is -0.378 e. The van der Waals surface area contributed by atoms with Crippen molar-refractivity contribution < 1.29 is 9.66 Å². The number of ether oxygens (including phenoxy) is 1. The van der Waals surface area contributed by atoms with Gasteiger partial charge in [-0.2, -0.15) is 0 Å². The molecule has 1 atom stereocenters. The van der Waals surface area contributed by atoms with Crippen LogP contribution in [0, 0.1) is 10.1 Å². The predicted octanol–water partition coefficient (Wildman–Crippen LogP) is 0.721. The molecule has 1 unspecified atom stereocenters. The fraction of sp³-hybridized carbons (Fsp3) is 0.500. The van der Waals surface area contributed by atoms with E-state index < -0.39 is 11.3 Å². The van der Waals surface area contributed by atoms with Crippen LogP contribution in [0.25, 0.3) is 0 Å². The monoisotopic (exact) mass is 240 g/mol. The lowest BCUT2D eigenvalue weighted by Gasteiger charge is -2.21. The lowest BCUT2D eigenvalue weighted by molar-refractivity contribution is -0.417. The maximum Gasteiger partial charge on any atom is 0.333 e. The molecule has 0 amide bonds. The molecule has 94 valence electrons. The third-order valence-corrected chi connectivity index (χ3v) is 2.19. The summed E-state index contributed by atoms with van der Waals surface area (Å²) in [7, 11) is 0. The number of hydrogen-bond acceptors (Lipinski definition) is 6. The van der Waals surface area contributed by atoms with Gasteiger partial charge in [0.15, 0.2) is 0 Å². The van der Waals surface area contributed by atoms with Gasteiger partial charge in [-0.15, -0.1) is 0 Å². The summed E-state index contributed by atoms with van der Waals surface area (Å²) < 4.78 is 5.37. The smallest absolute Gasteiger partial charge is 0.333 e. The summed E-state index contributed by atoms with van der Waals surface area (Å²) in [6, 6.07) is 0. The number of amidine groups is 1. The van der Waals surface area contributed by atoms with Crippen LogP contribution < -0.4 is 11.1 Å². The van der Waals surface area contributed by atoms with Crippen molar-refractivity contribution in [2.24, 2.45) is 10.7 Å². The van der Waals surface area contributed by atoms with Crippen molar-refractivity contribution in [1.29, 1.82) is 0 Å². The molecule has 1 aliphatic heterocycles. The first kappa shape index (κ1) is 13.2. The zero-order valence-electron chi connectivity index (χ0n) is 9.68. The molecule has 0 aromatic carbocycles. The Morgan fingerprint density at radius 3 is 3.00 bits per heavy atom. The molecule has 3 N–H and O–H groups in total. The molecule has 0 radical (unpaired) electrons. The summed E-state index contributed by atoms with van der Waals surface area (Å²) in [5, 5.41) is 13.5. The molecule has 1 heterocycles. The largest absolute Gasteiger partial charge is 0.378 e. The van der Waals surface area contributed by atoms with Crippen LogP contribution in [0.15, 0.2) is 29.0 Å². The number of allylic oxidation sites excluding steroid dienone is 1. The molecule has 0 aromatic rings. The Bertz CT molecular complexity index is 376. The number of aliphatic imine (C=N–C) groups is 1. The van der Waals surface area contributed by atoms with Gasteiger partial charge < -0.3 is 15.8 Å². The highest BCUT2D eigenvalue weighted by Crippen LogP contribution is 2.12. The molecule has 0 bridgehead atoms. The quantitative estimate of drug-likeness (QED) is 0.404. The van der Waals surface area contributed by atoms with Gasteiger partial charge in [-0.3, -0.25) is 10.1 Å². The van der Waals surface area contributed by atoms with Crippen LogP contribution in [-0.4, -0.2) is 23.7 Å². The van der Waals surface area contributed by atoms with E-state index in [-0.39, 0.29) is 17.2 Å². The molecule has 17 heavy (non-hydrogen) atoms. The number of rotatable bonds is 6. The second-order valence-corrected chi connectivity index (χ2v) is 3.46. The SMILES string of the molecule is C=CC1=C([N+](=O)[O-])C(N)=NC(OCCCC)N1. The Kier molecular flexibility index (Phi) is 4.65. The van der Waals surface area contributed by atoms with Gasteiger partial charge in [-0.25, -0.2) is 4.99 Å². The number of nitrogens with two attached hydrogens (primary N) is 1. The van der Waals surface area contributed by atoms with E-state index in [0.717, 1.165) is 12.8 Å². The summed E-state index contributed by atoms with van der Waals surface area (Å²) in [6.45, 7) is 6.05. The lowest BCUT2D eigenvalue weighted by Crippen LogP contribution is -2.40. The first-order valence-corrected chi connectivity index (χ1v) is 5.33. The number of hydrogen-bond donors (Lipinski definition) is 2. The topological polar surface area (TPSA) is 103 Å². The van der Waals surface area contributed by atoms with E-state index in [0.29, 0.717) is 6.61 Å². The highest BCUT2D eigenvalue weighted by atomic mass is 16.6. The third kappa shape index (κ3) is 3.28. The van der Waals surface area contributed by atoms with Crippen molar-refractivity contribution in [3.05, 3.63) is 34.2 Å². The van der Waals surface area contributed by atoms with Gasteiger partial charge in [0.25, 0.3) is 0 Å². The molecule has 0 fully saturated rings. The van der Waals surface area contributed by atoms with Crippen molar-refractivity contribution in [2.75, 3.05) is 6.61 Å². The van der Waals surface area contributed by atoms with Crippen LogP contribution in [0.4, 0.5) is 0 Å². The maximum absolute atomic E-state index is 10.8. The van der Waals surface area contributed by atoms with Crippen molar-refractivity contribution in [3.8, 4) is 0 Å². The predicted molar refractivity (Wildman–Crippen MR) is 63.6 cm³/mol. The van der Waals surface area contributed by atoms with Crippen LogP contribution in [0.1, 0.15) is 19.8 Å². The maximum atomic E-state index is 10.8. The molecule has 1 aliphatic rings. The number of nitrogens with one attached hydrogen (secondary N) is 1. The Hall–Kier alpha value is -1.89. The summed E-state index contributed by atoms with van der Waals surface area (Å²) in [6.07, 6.45) is 2.53. The number of unbranched alkanes of at least 4 members (excludes halogenated alkanes) is 1. The third-order valence-electron chi connectivity index (χ3n) is 2.19. The molecular weight excluding hydrogens is 224 g/mol. The number of nitrogens with zero attached hydrogens (tertiary/aromatic N) is 2. The van der Waals surface area contributed by atoms with Gasteiger partial charge in [-0.05, 0) is 12.5 Å². The molecule has 0 saturated heterocycles. The van der Waals surface area contributed by atoms with Crippen LogP contribution in [0.2, 0.25) is 0 Å². The molecule has 1 rings (SSSR count). The van der Waals surface area contributed by atoms with Gasteiger partial charge in [-0.1, -0.05) is 19.9 Å². The van der Waals surface area contributed by atoms with Crippen LogP contribution in [0.3, 0.4) is 0 Å². The fourth-order valence-corrected chi connectivity index (χ4v) is 1.32. The highest BCUT2D eigenvalue weighted by Gasteiger charge is 2.28. The van der Waals surface area contributed by atoms with E-state index in [9.17, 15) is 10.1 Å². The summed E-state index contributed by atoms with van der Waals surface area (Å²) in [4.78, 5) is 14.0. The molecule has 0 aromatic heterocycles. The summed E-state index contributed by atoms with van der Waals surface area (Å²) >= 11 is 0. The molecule has 7 nitrogen and oxygen atoms in total. The number of nitro groups is 1. The van der Waals surface area contributed by atoms with Gasteiger partial charge in [0.05, 0.1) is 11.5 Å². The average Bonchev–Trinajstić information content (AvgIpc) is 2.27. The van der Waals surface area contributed by atoms with Crippen LogP contribution in [-0.2, 0) is 4.74 Å². The summed E-state index contributed by atoms with van der Waals surface area (Å²) in [5.74, 6) is -0.148. The first-order chi connectivity index (χ1) is 8.10. The van der Waals surface area contributed by atoms with Gasteiger partial charge >= 0.3 is 5.70 Å². The van der Waals surface area contributed by atoms with E-state index >= 15 is 0 Å². The summed E-state index contributed by atoms with van der Waals surface area (Å²) in [5.41, 5.74) is 5.48. The normalized spacial score (nSPS) is 19.6. The molecule has 0 spiro atoms. The van der Waals surface area contributed by atoms with Crippen molar-refractivity contribution in [1.82, 2.24) is 5.32 Å². The molecular formula is C10H16N4O3. The van der Waals surface area contributed by atoms with Crippen LogP contribution >= 0.6 is 0 Å². The van der Waals surface area contributed by atoms with E-state index in [1.165, 1.54) is 6.08 Å². The Morgan fingerprint density at radius 1 is 1.76 bits per heavy atom. The van der Waals surface area contributed by atoms with Gasteiger partial charge in [0, 0.05) is 0 Å². The van der Waals surface area contributed by atoms with Crippen molar-refractivity contribution in [3.63, 3.8) is 0 Å². The van der Waals surface area contributed by atoms with E-state index in [1.807, 2.05) is 6.92 Å². The fourth-order valence-electron chi connectivity index (χ4n) is 1.32. The molecule has 0 aliphatic carbocycles. The lowest BCUT2D eigenvalue weighted by atomic mass is 10.2. The van der Waals surface area contributed by atoms with Crippen molar-refractivity contribution in [2.45, 2.75) is 26.1 Å². The standard InChI is InChI=1S/C10H16N4O3/c1-3-5-6-17-10-12-7(4-2)8(14(15)16)9(11)13-10/h4,10,12H,2-3,5-6H2,1H3,(H2,11,13). The zero-order valence-corrected chi connectivity index (χ0v) is 9.68. The van der Waals surface area contributed by atoms with Crippen LogP contribution in [0.5, 0.6) is 0 Å². The Labute approximate surface area is 99.2 Å². The zero-order chi connectivity index (χ0) is 12.8. The van der Waals surface area contributed by atoms with E-state index in [1.54, 1.807) is 0 Å². The highest BCUT2D eigenvalue weighted by molar-refractivity contribution is 5.96. The van der Waals surface area contributed by atoms with Gasteiger partial charge in [0.2, 0.25) is 12.2 Å². The Balaban J connectivity index is 2.76.